The maximum atomic E-state index is 3.96. The Labute approximate surface area is 79.9 Å². The number of hydrogen-bond acceptors (Lipinski definition) is 0. The highest BCUT2D eigenvalue weighted by atomic mass is 13.9. The average Bonchev–Trinajstić information content (AvgIpc) is 2.16. The molecule has 0 aliphatic rings. The lowest BCUT2D eigenvalue weighted by atomic mass is 10.2. The quantitative estimate of drug-likeness (QED) is 0.641. The lowest BCUT2D eigenvalue weighted by Gasteiger charge is -1.90. The lowest BCUT2D eigenvalue weighted by molar-refractivity contribution is 1.10. The Kier molecular flexibility index (Phi) is 3.51. The van der Waals surface area contributed by atoms with Gasteiger partial charge < -0.3 is 0 Å². The van der Waals surface area contributed by atoms with Gasteiger partial charge in [0.15, 0.2) is 0 Å². The van der Waals surface area contributed by atoms with E-state index < -0.39 is 0 Å². The predicted octanol–water partition coefficient (Wildman–Crippen LogP) is 2.23. The van der Waals surface area contributed by atoms with Crippen molar-refractivity contribution in [3.63, 3.8) is 0 Å². The van der Waals surface area contributed by atoms with Crippen LogP contribution in [0.4, 0.5) is 0 Å². The van der Waals surface area contributed by atoms with Gasteiger partial charge >= 0.3 is 0 Å². The molecule has 68 valence electrons. The Hall–Kier alpha value is -1.30. The molecule has 0 nitrogen and oxygen atoms in total. The van der Waals surface area contributed by atoms with Crippen molar-refractivity contribution in [2.75, 3.05) is 0 Å². The summed E-state index contributed by atoms with van der Waals surface area (Å²) in [5, 5.41) is 2.29. The van der Waals surface area contributed by atoms with Crippen molar-refractivity contribution >= 4 is 12.7 Å². The molecule has 0 saturated carbocycles. The molecule has 0 aliphatic carbocycles. The molecule has 0 amide bonds. The highest BCUT2D eigenvalue weighted by molar-refractivity contribution is 5.39. The summed E-state index contributed by atoms with van der Waals surface area (Å²) in [7, 11) is 0. The summed E-state index contributed by atoms with van der Waals surface area (Å²) in [6, 6.07) is 8.16. The van der Waals surface area contributed by atoms with E-state index in [4.69, 9.17) is 0 Å². The van der Waals surface area contributed by atoms with Crippen LogP contribution < -0.4 is 10.4 Å². The standard InChI is InChI=1S/C13H16/c1-4-11(2)9-10-13-8-6-5-7-12(13)3/h5-10H,3-4H2,1-2H3/b11-9-,13-10-. The minimum atomic E-state index is 1.09. The molecule has 0 heteroatoms. The van der Waals surface area contributed by atoms with Crippen LogP contribution in [0.3, 0.4) is 0 Å². The van der Waals surface area contributed by atoms with Gasteiger partial charge in [0.05, 0.1) is 0 Å². The summed E-state index contributed by atoms with van der Waals surface area (Å²) < 4.78 is 0. The summed E-state index contributed by atoms with van der Waals surface area (Å²) in [6.45, 7) is 8.27. The number of allylic oxidation sites excluding steroid dienone is 2. The maximum absolute atomic E-state index is 3.96. The Morgan fingerprint density at radius 1 is 1.38 bits per heavy atom. The fourth-order valence-corrected chi connectivity index (χ4v) is 1.05. The largest absolute Gasteiger partial charge is 0.0912 e. The molecule has 13 heavy (non-hydrogen) atoms. The molecule has 0 atom stereocenters. The molecular formula is C13H16. The van der Waals surface area contributed by atoms with Crippen molar-refractivity contribution in [1.29, 1.82) is 0 Å². The first-order valence-corrected chi connectivity index (χ1v) is 4.65. The van der Waals surface area contributed by atoms with Gasteiger partial charge in [-0.15, -0.1) is 0 Å². The van der Waals surface area contributed by atoms with Crippen molar-refractivity contribution < 1.29 is 0 Å². The van der Waals surface area contributed by atoms with Crippen LogP contribution in [0.1, 0.15) is 20.3 Å². The van der Waals surface area contributed by atoms with E-state index in [-0.39, 0.29) is 0 Å². The van der Waals surface area contributed by atoms with Crippen LogP contribution >= 0.6 is 0 Å². The molecule has 0 aromatic heterocycles. The number of benzene rings is 1. The second-order valence-corrected chi connectivity index (χ2v) is 3.23. The van der Waals surface area contributed by atoms with Gasteiger partial charge in [-0.1, -0.05) is 55.5 Å². The molecule has 0 fully saturated rings. The lowest BCUT2D eigenvalue weighted by Crippen LogP contribution is -2.21. The second-order valence-electron chi connectivity index (χ2n) is 3.23. The van der Waals surface area contributed by atoms with Gasteiger partial charge in [-0.05, 0) is 23.8 Å². The number of hydrogen-bond donors (Lipinski definition) is 0. The third kappa shape index (κ3) is 2.90. The Morgan fingerprint density at radius 3 is 2.69 bits per heavy atom. The number of rotatable bonds is 2. The molecule has 1 aromatic rings. The summed E-state index contributed by atoms with van der Waals surface area (Å²) in [4.78, 5) is 0. The molecule has 0 heterocycles. The zero-order chi connectivity index (χ0) is 9.68. The third-order valence-corrected chi connectivity index (χ3v) is 2.16. The van der Waals surface area contributed by atoms with Gasteiger partial charge in [0.25, 0.3) is 0 Å². The summed E-state index contributed by atoms with van der Waals surface area (Å²) in [5.74, 6) is 0. The first kappa shape index (κ1) is 9.79. The van der Waals surface area contributed by atoms with Gasteiger partial charge in [0.1, 0.15) is 0 Å². The van der Waals surface area contributed by atoms with E-state index in [1.807, 2.05) is 18.2 Å². The SMILES string of the molecule is C=c1cccc/c1=C/C=C(/C)CC. The zero-order valence-electron chi connectivity index (χ0n) is 8.38. The van der Waals surface area contributed by atoms with Gasteiger partial charge in [-0.25, -0.2) is 0 Å². The van der Waals surface area contributed by atoms with Crippen molar-refractivity contribution in [2.45, 2.75) is 20.3 Å². The summed E-state index contributed by atoms with van der Waals surface area (Å²) >= 11 is 0. The van der Waals surface area contributed by atoms with Crippen LogP contribution in [0.25, 0.3) is 12.7 Å². The van der Waals surface area contributed by atoms with Crippen LogP contribution in [0.2, 0.25) is 0 Å². The second kappa shape index (κ2) is 4.66. The summed E-state index contributed by atoms with van der Waals surface area (Å²) in [5.41, 5.74) is 1.39. The first-order chi connectivity index (χ1) is 6.24. The molecule has 1 aromatic carbocycles. The Morgan fingerprint density at radius 2 is 2.08 bits per heavy atom. The topological polar surface area (TPSA) is 0 Å². The van der Waals surface area contributed by atoms with Crippen LogP contribution in [0, 0.1) is 0 Å². The fraction of sp³-hybridized carbons (Fsp3) is 0.231. The maximum Gasteiger partial charge on any atom is -0.0190 e. The van der Waals surface area contributed by atoms with E-state index in [2.05, 4.69) is 38.6 Å². The molecule has 0 unspecified atom stereocenters. The first-order valence-electron chi connectivity index (χ1n) is 4.65. The van der Waals surface area contributed by atoms with Crippen molar-refractivity contribution in [3.8, 4) is 0 Å². The Bertz CT molecular complexity index is 396. The Balaban J connectivity index is 3.09. The molecule has 0 saturated heterocycles. The van der Waals surface area contributed by atoms with E-state index in [1.54, 1.807) is 0 Å². The van der Waals surface area contributed by atoms with Crippen LogP contribution in [0.15, 0.2) is 35.9 Å². The van der Waals surface area contributed by atoms with Gasteiger partial charge in [0, 0.05) is 0 Å². The van der Waals surface area contributed by atoms with Gasteiger partial charge in [0.2, 0.25) is 0 Å². The molecule has 0 N–H and O–H groups in total. The molecule has 0 spiro atoms. The van der Waals surface area contributed by atoms with Gasteiger partial charge in [-0.2, -0.15) is 0 Å². The molecular weight excluding hydrogens is 156 g/mol. The zero-order valence-corrected chi connectivity index (χ0v) is 8.38. The third-order valence-electron chi connectivity index (χ3n) is 2.16. The van der Waals surface area contributed by atoms with Crippen molar-refractivity contribution in [3.05, 3.63) is 46.4 Å². The minimum Gasteiger partial charge on any atom is -0.0912 e. The van der Waals surface area contributed by atoms with E-state index in [0.717, 1.165) is 11.6 Å². The summed E-state index contributed by atoms with van der Waals surface area (Å²) in [6.07, 6.45) is 5.39. The van der Waals surface area contributed by atoms with Crippen LogP contribution in [-0.2, 0) is 0 Å². The predicted molar refractivity (Wildman–Crippen MR) is 59.7 cm³/mol. The minimum absolute atomic E-state index is 1.09. The van der Waals surface area contributed by atoms with Crippen molar-refractivity contribution in [1.82, 2.24) is 0 Å². The van der Waals surface area contributed by atoms with E-state index in [9.17, 15) is 0 Å². The van der Waals surface area contributed by atoms with E-state index >= 15 is 0 Å². The molecule has 0 radical (unpaired) electrons. The highest BCUT2D eigenvalue weighted by Crippen LogP contribution is 1.96. The normalized spacial score (nSPS) is 13.4. The van der Waals surface area contributed by atoms with E-state index in [1.165, 1.54) is 10.8 Å². The van der Waals surface area contributed by atoms with Crippen molar-refractivity contribution in [2.24, 2.45) is 0 Å². The highest BCUT2D eigenvalue weighted by Gasteiger charge is 1.81. The molecule has 0 bridgehead atoms. The van der Waals surface area contributed by atoms with Gasteiger partial charge in [-0.3, -0.25) is 0 Å². The monoisotopic (exact) mass is 172 g/mol. The molecule has 1 rings (SSSR count). The van der Waals surface area contributed by atoms with Crippen LogP contribution in [0.5, 0.6) is 0 Å². The molecule has 0 aliphatic heterocycles. The smallest absolute Gasteiger partial charge is 0.0190 e. The average molecular weight is 172 g/mol. The fourth-order valence-electron chi connectivity index (χ4n) is 1.05. The van der Waals surface area contributed by atoms with E-state index in [0.29, 0.717) is 0 Å². The van der Waals surface area contributed by atoms with Crippen LogP contribution in [-0.4, -0.2) is 0 Å².